The lowest BCUT2D eigenvalue weighted by atomic mass is 10.1. The summed E-state index contributed by atoms with van der Waals surface area (Å²) in [6.07, 6.45) is 1.62. The van der Waals surface area contributed by atoms with Crippen LogP contribution in [-0.2, 0) is 0 Å². The highest BCUT2D eigenvalue weighted by molar-refractivity contribution is 5.93. The topological polar surface area (TPSA) is 24.9 Å². The molecule has 2 aromatic carbocycles. The van der Waals surface area contributed by atoms with Crippen molar-refractivity contribution in [2.24, 2.45) is 0 Å². The lowest BCUT2D eigenvalue weighted by Gasteiger charge is -2.11. The first-order chi connectivity index (χ1) is 9.63. The number of rotatable bonds is 2. The predicted octanol–water partition coefficient (Wildman–Crippen LogP) is 4.73. The normalized spacial score (nSPS) is 10.8. The molecule has 1 N–H and O–H groups in total. The summed E-state index contributed by atoms with van der Waals surface area (Å²) in [6, 6.07) is 13.1. The summed E-state index contributed by atoms with van der Waals surface area (Å²) in [7, 11) is 0. The van der Waals surface area contributed by atoms with Crippen molar-refractivity contribution >= 4 is 22.3 Å². The van der Waals surface area contributed by atoms with Crippen LogP contribution in [0.25, 0.3) is 10.9 Å². The maximum absolute atomic E-state index is 13.7. The molecule has 2 nitrogen and oxygen atoms in total. The molecule has 0 bridgehead atoms. The maximum atomic E-state index is 13.7. The van der Waals surface area contributed by atoms with Gasteiger partial charge in [0.2, 0.25) is 0 Å². The molecule has 100 valence electrons. The van der Waals surface area contributed by atoms with Gasteiger partial charge in [0.05, 0.1) is 0 Å². The van der Waals surface area contributed by atoms with Crippen LogP contribution in [0.15, 0.2) is 48.7 Å². The minimum atomic E-state index is -0.299. The van der Waals surface area contributed by atoms with Gasteiger partial charge in [-0.2, -0.15) is 0 Å². The Kier molecular flexibility index (Phi) is 3.11. The summed E-state index contributed by atoms with van der Waals surface area (Å²) < 4.78 is 13.7. The summed E-state index contributed by atoms with van der Waals surface area (Å²) in [4.78, 5) is 4.10. The Morgan fingerprint density at radius 3 is 2.50 bits per heavy atom. The molecule has 3 heteroatoms. The Morgan fingerprint density at radius 2 is 1.75 bits per heavy atom. The van der Waals surface area contributed by atoms with Crippen LogP contribution in [-0.4, -0.2) is 4.98 Å². The van der Waals surface area contributed by atoms with E-state index in [-0.39, 0.29) is 5.82 Å². The van der Waals surface area contributed by atoms with Gasteiger partial charge in [-0.05, 0) is 49.2 Å². The van der Waals surface area contributed by atoms with Crippen molar-refractivity contribution in [1.82, 2.24) is 4.98 Å². The molecule has 0 aliphatic heterocycles. The SMILES string of the molecule is Cc1cc(C)cc(Nc2ccnc3c(F)cccc23)c1. The minimum Gasteiger partial charge on any atom is -0.355 e. The van der Waals surface area contributed by atoms with Crippen molar-refractivity contribution < 1.29 is 4.39 Å². The Balaban J connectivity index is 2.09. The van der Waals surface area contributed by atoms with Crippen molar-refractivity contribution in [3.63, 3.8) is 0 Å². The van der Waals surface area contributed by atoms with E-state index < -0.39 is 0 Å². The van der Waals surface area contributed by atoms with Gasteiger partial charge in [0.25, 0.3) is 0 Å². The summed E-state index contributed by atoms with van der Waals surface area (Å²) in [5.41, 5.74) is 4.63. The molecule has 1 aromatic heterocycles. The lowest BCUT2D eigenvalue weighted by molar-refractivity contribution is 0.637. The van der Waals surface area contributed by atoms with Gasteiger partial charge in [-0.1, -0.05) is 18.2 Å². The molecule has 0 aliphatic rings. The zero-order valence-corrected chi connectivity index (χ0v) is 11.4. The van der Waals surface area contributed by atoms with Gasteiger partial charge in [0, 0.05) is 23.0 Å². The first-order valence-electron chi connectivity index (χ1n) is 6.52. The molecule has 0 amide bonds. The van der Waals surface area contributed by atoms with Crippen molar-refractivity contribution in [3.05, 3.63) is 65.6 Å². The number of fused-ring (bicyclic) bond motifs is 1. The number of para-hydroxylation sites is 1. The number of anilines is 2. The third-order valence-corrected chi connectivity index (χ3v) is 3.22. The number of pyridine rings is 1. The monoisotopic (exact) mass is 266 g/mol. The Bertz CT molecular complexity index is 761. The van der Waals surface area contributed by atoms with Gasteiger partial charge in [0.1, 0.15) is 11.3 Å². The largest absolute Gasteiger partial charge is 0.355 e. The zero-order chi connectivity index (χ0) is 14.1. The highest BCUT2D eigenvalue weighted by atomic mass is 19.1. The van der Waals surface area contributed by atoms with E-state index in [0.717, 1.165) is 16.8 Å². The number of nitrogens with zero attached hydrogens (tertiary/aromatic N) is 1. The van der Waals surface area contributed by atoms with Crippen LogP contribution in [0.3, 0.4) is 0 Å². The standard InChI is InChI=1S/C17H15FN2/c1-11-8-12(2)10-13(9-11)20-16-6-7-19-17-14(16)4-3-5-15(17)18/h3-10H,1-2H3,(H,19,20). The summed E-state index contributed by atoms with van der Waals surface area (Å²) in [5.74, 6) is -0.299. The van der Waals surface area contributed by atoms with Crippen LogP contribution < -0.4 is 5.32 Å². The zero-order valence-electron chi connectivity index (χ0n) is 11.4. The fourth-order valence-corrected chi connectivity index (χ4v) is 2.45. The summed E-state index contributed by atoms with van der Waals surface area (Å²) >= 11 is 0. The predicted molar refractivity (Wildman–Crippen MR) is 80.9 cm³/mol. The second-order valence-electron chi connectivity index (χ2n) is 5.00. The van der Waals surface area contributed by atoms with E-state index in [1.807, 2.05) is 12.1 Å². The summed E-state index contributed by atoms with van der Waals surface area (Å²) in [6.45, 7) is 4.12. The van der Waals surface area contributed by atoms with Gasteiger partial charge in [-0.3, -0.25) is 4.98 Å². The molecule has 0 radical (unpaired) electrons. The molecule has 3 aromatic rings. The molecular weight excluding hydrogens is 251 g/mol. The molecule has 0 saturated carbocycles. The fraction of sp³-hybridized carbons (Fsp3) is 0.118. The van der Waals surface area contributed by atoms with Gasteiger partial charge in [-0.25, -0.2) is 4.39 Å². The van der Waals surface area contributed by atoms with Gasteiger partial charge >= 0.3 is 0 Å². The van der Waals surface area contributed by atoms with Gasteiger partial charge in [0.15, 0.2) is 0 Å². The van der Waals surface area contributed by atoms with Crippen molar-refractivity contribution in [2.75, 3.05) is 5.32 Å². The van der Waals surface area contributed by atoms with Crippen molar-refractivity contribution in [1.29, 1.82) is 0 Å². The first kappa shape index (κ1) is 12.6. The van der Waals surface area contributed by atoms with Crippen LogP contribution in [0, 0.1) is 19.7 Å². The summed E-state index contributed by atoms with van der Waals surface area (Å²) in [5, 5.41) is 4.13. The third-order valence-electron chi connectivity index (χ3n) is 3.22. The molecule has 0 spiro atoms. The highest BCUT2D eigenvalue weighted by Gasteiger charge is 2.06. The lowest BCUT2D eigenvalue weighted by Crippen LogP contribution is -1.95. The molecular formula is C17H15FN2. The van der Waals surface area contributed by atoms with E-state index in [4.69, 9.17) is 0 Å². The molecule has 0 fully saturated rings. The van der Waals surface area contributed by atoms with Crippen molar-refractivity contribution in [3.8, 4) is 0 Å². The second-order valence-corrected chi connectivity index (χ2v) is 5.00. The van der Waals surface area contributed by atoms with E-state index >= 15 is 0 Å². The Morgan fingerprint density at radius 1 is 1.00 bits per heavy atom. The smallest absolute Gasteiger partial charge is 0.149 e. The average molecular weight is 266 g/mol. The van der Waals surface area contributed by atoms with Crippen LogP contribution in [0.2, 0.25) is 0 Å². The van der Waals surface area contributed by atoms with E-state index in [9.17, 15) is 4.39 Å². The first-order valence-corrected chi connectivity index (χ1v) is 6.52. The number of benzene rings is 2. The number of halogens is 1. The van der Waals surface area contributed by atoms with Gasteiger partial charge < -0.3 is 5.32 Å². The molecule has 3 rings (SSSR count). The molecule has 0 atom stereocenters. The van der Waals surface area contributed by atoms with E-state index in [1.54, 1.807) is 12.3 Å². The fourth-order valence-electron chi connectivity index (χ4n) is 2.45. The number of hydrogen-bond donors (Lipinski definition) is 1. The quantitative estimate of drug-likeness (QED) is 0.725. The number of aryl methyl sites for hydroxylation is 2. The molecule has 0 aliphatic carbocycles. The molecule has 0 unspecified atom stereocenters. The van der Waals surface area contributed by atoms with Crippen LogP contribution in [0.5, 0.6) is 0 Å². The van der Waals surface area contributed by atoms with Crippen LogP contribution in [0.1, 0.15) is 11.1 Å². The molecule has 0 saturated heterocycles. The number of aromatic nitrogens is 1. The van der Waals surface area contributed by atoms with E-state index in [1.165, 1.54) is 17.2 Å². The van der Waals surface area contributed by atoms with Gasteiger partial charge in [-0.15, -0.1) is 0 Å². The van der Waals surface area contributed by atoms with E-state index in [0.29, 0.717) is 5.52 Å². The molecule has 1 heterocycles. The van der Waals surface area contributed by atoms with Crippen molar-refractivity contribution in [2.45, 2.75) is 13.8 Å². The average Bonchev–Trinajstić information content (AvgIpc) is 2.39. The van der Waals surface area contributed by atoms with Crippen LogP contribution in [0.4, 0.5) is 15.8 Å². The third kappa shape index (κ3) is 2.35. The Hall–Kier alpha value is -2.42. The number of hydrogen-bond acceptors (Lipinski definition) is 2. The maximum Gasteiger partial charge on any atom is 0.149 e. The minimum absolute atomic E-state index is 0.299. The highest BCUT2D eigenvalue weighted by Crippen LogP contribution is 2.27. The number of nitrogens with one attached hydrogen (secondary N) is 1. The van der Waals surface area contributed by atoms with E-state index in [2.05, 4.69) is 42.3 Å². The molecule has 20 heavy (non-hydrogen) atoms. The van der Waals surface area contributed by atoms with Crippen LogP contribution >= 0.6 is 0 Å². The second kappa shape index (κ2) is 4.93. The Labute approximate surface area is 117 Å².